The van der Waals surface area contributed by atoms with Gasteiger partial charge in [0.15, 0.2) is 5.82 Å². The number of carboxylic acid groups (broad SMARTS) is 1. The number of carboxylic acids is 1. The third kappa shape index (κ3) is 2.31. The van der Waals surface area contributed by atoms with E-state index in [9.17, 15) is 4.79 Å². The molecule has 1 fully saturated rings. The Balaban J connectivity index is 1.91. The Labute approximate surface area is 87.3 Å². The van der Waals surface area contributed by atoms with Crippen LogP contribution in [0.15, 0.2) is 0 Å². The average Bonchev–Trinajstić information content (AvgIpc) is 2.73. The molecule has 0 aromatic carbocycles. The highest BCUT2D eigenvalue weighted by molar-refractivity contribution is 5.66. The van der Waals surface area contributed by atoms with E-state index in [1.54, 1.807) is 4.68 Å². The predicted molar refractivity (Wildman–Crippen MR) is 51.2 cm³/mol. The Morgan fingerprint density at radius 2 is 2.40 bits per heavy atom. The third-order valence-electron chi connectivity index (χ3n) is 2.76. The molecule has 2 unspecified atom stereocenters. The maximum atomic E-state index is 10.4. The minimum absolute atomic E-state index is 0.166. The molecule has 1 heterocycles. The number of hydrogen-bond acceptors (Lipinski definition) is 4. The first kappa shape index (κ1) is 10.1. The summed E-state index contributed by atoms with van der Waals surface area (Å²) in [5.41, 5.74) is 0. The van der Waals surface area contributed by atoms with Gasteiger partial charge in [0.05, 0.1) is 0 Å². The van der Waals surface area contributed by atoms with Crippen LogP contribution in [0.3, 0.4) is 0 Å². The van der Waals surface area contributed by atoms with Crippen LogP contribution < -0.4 is 0 Å². The van der Waals surface area contributed by atoms with E-state index in [1.165, 1.54) is 0 Å². The normalized spacial score (nSPS) is 24.1. The molecule has 1 aliphatic rings. The van der Waals surface area contributed by atoms with Crippen LogP contribution in [0.1, 0.15) is 37.9 Å². The molecule has 1 aromatic rings. The van der Waals surface area contributed by atoms with E-state index in [4.69, 9.17) is 5.11 Å². The fourth-order valence-corrected chi connectivity index (χ4v) is 1.70. The van der Waals surface area contributed by atoms with Gasteiger partial charge in [-0.05, 0) is 29.2 Å². The zero-order chi connectivity index (χ0) is 10.8. The van der Waals surface area contributed by atoms with Crippen molar-refractivity contribution >= 4 is 5.97 Å². The number of nitrogens with zero attached hydrogens (tertiary/aromatic N) is 4. The maximum Gasteiger partial charge on any atom is 0.303 e. The van der Waals surface area contributed by atoms with Crippen LogP contribution >= 0.6 is 0 Å². The minimum Gasteiger partial charge on any atom is -0.481 e. The minimum atomic E-state index is -0.774. The van der Waals surface area contributed by atoms with Gasteiger partial charge < -0.3 is 5.11 Å². The van der Waals surface area contributed by atoms with E-state index in [2.05, 4.69) is 22.4 Å². The molecule has 0 amide bonds. The van der Waals surface area contributed by atoms with E-state index < -0.39 is 5.97 Å². The first-order valence-electron chi connectivity index (χ1n) is 5.16. The molecule has 1 saturated carbocycles. The van der Waals surface area contributed by atoms with Crippen LogP contribution in [0.25, 0.3) is 0 Å². The van der Waals surface area contributed by atoms with Crippen molar-refractivity contribution in [3.63, 3.8) is 0 Å². The summed E-state index contributed by atoms with van der Waals surface area (Å²) in [6, 6.07) is 0. The summed E-state index contributed by atoms with van der Waals surface area (Å²) in [6.07, 6.45) is 1.88. The van der Waals surface area contributed by atoms with Gasteiger partial charge in [-0.3, -0.25) is 4.79 Å². The van der Waals surface area contributed by atoms with Crippen molar-refractivity contribution in [2.75, 3.05) is 0 Å². The summed E-state index contributed by atoms with van der Waals surface area (Å²) in [5.74, 6) is 1.27. The summed E-state index contributed by atoms with van der Waals surface area (Å²) in [4.78, 5) is 10.4. The average molecular weight is 210 g/mol. The van der Waals surface area contributed by atoms with Gasteiger partial charge in [0, 0.05) is 18.9 Å². The Morgan fingerprint density at radius 1 is 1.67 bits per heavy atom. The molecule has 1 aromatic heterocycles. The zero-order valence-corrected chi connectivity index (χ0v) is 8.63. The van der Waals surface area contributed by atoms with Crippen LogP contribution in [-0.2, 0) is 11.3 Å². The second kappa shape index (κ2) is 3.96. The van der Waals surface area contributed by atoms with Crippen LogP contribution in [-0.4, -0.2) is 31.3 Å². The highest BCUT2D eigenvalue weighted by Crippen LogP contribution is 2.45. The first-order valence-corrected chi connectivity index (χ1v) is 5.16. The lowest BCUT2D eigenvalue weighted by Gasteiger charge is -2.01. The zero-order valence-electron chi connectivity index (χ0n) is 8.63. The van der Waals surface area contributed by atoms with Gasteiger partial charge in [-0.15, -0.1) is 5.10 Å². The van der Waals surface area contributed by atoms with E-state index in [0.717, 1.165) is 12.2 Å². The van der Waals surface area contributed by atoms with E-state index in [-0.39, 0.29) is 6.42 Å². The molecule has 1 N–H and O–H groups in total. The molecule has 1 aliphatic carbocycles. The summed E-state index contributed by atoms with van der Waals surface area (Å²) >= 11 is 0. The predicted octanol–water partition coefficient (Wildman–Crippen LogP) is 0.661. The fourth-order valence-electron chi connectivity index (χ4n) is 1.70. The lowest BCUT2D eigenvalue weighted by atomic mass is 10.3. The van der Waals surface area contributed by atoms with Gasteiger partial charge in [-0.2, -0.15) is 0 Å². The van der Waals surface area contributed by atoms with E-state index in [1.807, 2.05) is 0 Å². The Morgan fingerprint density at radius 3 is 3.00 bits per heavy atom. The van der Waals surface area contributed by atoms with Crippen LogP contribution in [0.5, 0.6) is 0 Å². The number of hydrogen-bond donors (Lipinski definition) is 1. The van der Waals surface area contributed by atoms with Crippen molar-refractivity contribution in [1.82, 2.24) is 20.2 Å². The van der Waals surface area contributed by atoms with Gasteiger partial charge in [0.1, 0.15) is 0 Å². The molecular formula is C9H14N4O2. The van der Waals surface area contributed by atoms with Crippen LogP contribution in [0.2, 0.25) is 0 Å². The molecule has 6 nitrogen and oxygen atoms in total. The third-order valence-corrected chi connectivity index (χ3v) is 2.76. The summed E-state index contributed by atoms with van der Waals surface area (Å²) in [5, 5.41) is 20.0. The van der Waals surface area contributed by atoms with Crippen molar-refractivity contribution in [3.05, 3.63) is 5.82 Å². The van der Waals surface area contributed by atoms with Gasteiger partial charge in [-0.1, -0.05) is 6.92 Å². The smallest absolute Gasteiger partial charge is 0.303 e. The Hall–Kier alpha value is -1.46. The van der Waals surface area contributed by atoms with Crippen molar-refractivity contribution in [3.8, 4) is 0 Å². The van der Waals surface area contributed by atoms with Gasteiger partial charge in [0.25, 0.3) is 0 Å². The van der Waals surface area contributed by atoms with Crippen molar-refractivity contribution in [2.24, 2.45) is 5.92 Å². The lowest BCUT2D eigenvalue weighted by Crippen LogP contribution is -2.07. The Bertz CT molecular complexity index is 363. The molecule has 2 atom stereocenters. The van der Waals surface area contributed by atoms with Crippen molar-refractivity contribution < 1.29 is 9.90 Å². The highest BCUT2D eigenvalue weighted by atomic mass is 16.4. The van der Waals surface area contributed by atoms with Gasteiger partial charge in [0.2, 0.25) is 0 Å². The SMILES string of the molecule is CC1CC1c1nnnn1CCCC(=O)O. The summed E-state index contributed by atoms with van der Waals surface area (Å²) < 4.78 is 1.73. The van der Waals surface area contributed by atoms with Gasteiger partial charge in [-0.25, -0.2) is 4.68 Å². The quantitative estimate of drug-likeness (QED) is 0.772. The molecule has 0 spiro atoms. The highest BCUT2D eigenvalue weighted by Gasteiger charge is 2.38. The fraction of sp³-hybridized carbons (Fsp3) is 0.778. The number of aryl methyl sites for hydroxylation is 1. The largest absolute Gasteiger partial charge is 0.481 e. The molecule has 0 bridgehead atoms. The maximum absolute atomic E-state index is 10.4. The molecule has 82 valence electrons. The molecule has 6 heteroatoms. The Kier molecular flexibility index (Phi) is 2.66. The number of rotatable bonds is 5. The van der Waals surface area contributed by atoms with Crippen LogP contribution in [0, 0.1) is 5.92 Å². The monoisotopic (exact) mass is 210 g/mol. The van der Waals surface area contributed by atoms with Crippen molar-refractivity contribution in [1.29, 1.82) is 0 Å². The summed E-state index contributed by atoms with van der Waals surface area (Å²) in [6.45, 7) is 2.76. The molecule has 0 radical (unpaired) electrons. The molecule has 15 heavy (non-hydrogen) atoms. The van der Waals surface area contributed by atoms with Crippen LogP contribution in [0.4, 0.5) is 0 Å². The van der Waals surface area contributed by atoms with E-state index in [0.29, 0.717) is 24.8 Å². The number of aromatic nitrogens is 4. The van der Waals surface area contributed by atoms with E-state index >= 15 is 0 Å². The molecule has 2 rings (SSSR count). The number of aliphatic carboxylic acids is 1. The number of carbonyl (C=O) groups is 1. The summed E-state index contributed by atoms with van der Waals surface area (Å²) in [7, 11) is 0. The molecule has 0 aliphatic heterocycles. The second-order valence-electron chi connectivity index (χ2n) is 4.08. The number of tetrazole rings is 1. The molecule has 0 saturated heterocycles. The first-order chi connectivity index (χ1) is 7.18. The topological polar surface area (TPSA) is 80.9 Å². The standard InChI is InChI=1S/C9H14N4O2/c1-6-5-7(6)9-10-11-12-13(9)4-2-3-8(14)15/h6-7H,2-5H2,1H3,(H,14,15). The lowest BCUT2D eigenvalue weighted by molar-refractivity contribution is -0.137. The second-order valence-corrected chi connectivity index (χ2v) is 4.08. The van der Waals surface area contributed by atoms with Crippen molar-refractivity contribution in [2.45, 2.75) is 38.6 Å². The molecular weight excluding hydrogens is 196 g/mol. The van der Waals surface area contributed by atoms with Gasteiger partial charge >= 0.3 is 5.97 Å².